The van der Waals surface area contributed by atoms with Gasteiger partial charge in [0.1, 0.15) is 10.5 Å². The molecule has 0 saturated carbocycles. The van der Waals surface area contributed by atoms with E-state index in [1.54, 1.807) is 11.3 Å². The summed E-state index contributed by atoms with van der Waals surface area (Å²) in [5.74, 6) is 0.735. The van der Waals surface area contributed by atoms with E-state index in [2.05, 4.69) is 39.3 Å². The van der Waals surface area contributed by atoms with Gasteiger partial charge in [-0.2, -0.15) is 0 Å². The smallest absolute Gasteiger partial charge is 0.268 e. The topological polar surface area (TPSA) is 49.0 Å². The molecule has 0 amide bonds. The van der Waals surface area contributed by atoms with E-state index in [9.17, 15) is 4.79 Å². The van der Waals surface area contributed by atoms with Crippen molar-refractivity contribution >= 4 is 32.9 Å². The molecule has 4 nitrogen and oxygen atoms in total. The minimum Gasteiger partial charge on any atom is -0.308 e. The second-order valence-electron chi connectivity index (χ2n) is 4.53. The molecule has 0 atom stereocenters. The molecule has 20 heavy (non-hydrogen) atoms. The summed E-state index contributed by atoms with van der Waals surface area (Å²) in [6, 6.07) is 6.09. The fourth-order valence-electron chi connectivity index (χ4n) is 2.11. The van der Waals surface area contributed by atoms with Gasteiger partial charge in [0.25, 0.3) is 5.56 Å². The van der Waals surface area contributed by atoms with Crippen molar-refractivity contribution in [3.8, 4) is 0 Å². The molecule has 0 aliphatic heterocycles. The number of aromatic nitrogens is 2. The Kier molecular flexibility index (Phi) is 3.95. The van der Waals surface area contributed by atoms with Crippen molar-refractivity contribution in [2.24, 2.45) is 0 Å². The molecule has 0 bridgehead atoms. The summed E-state index contributed by atoms with van der Waals surface area (Å²) in [5.41, 5.74) is 0.758. The van der Waals surface area contributed by atoms with Crippen LogP contribution in [0.2, 0.25) is 0 Å². The van der Waals surface area contributed by atoms with Gasteiger partial charge in [-0.15, -0.1) is 22.7 Å². The van der Waals surface area contributed by atoms with E-state index in [0.29, 0.717) is 11.2 Å². The van der Waals surface area contributed by atoms with Crippen molar-refractivity contribution in [1.82, 2.24) is 14.9 Å². The molecule has 0 aliphatic carbocycles. The number of aromatic amines is 1. The molecule has 0 unspecified atom stereocenters. The van der Waals surface area contributed by atoms with Crippen molar-refractivity contribution in [2.45, 2.75) is 20.0 Å². The van der Waals surface area contributed by atoms with Crippen LogP contribution in [0.5, 0.6) is 0 Å². The molecule has 3 aromatic rings. The van der Waals surface area contributed by atoms with Gasteiger partial charge in [-0.25, -0.2) is 4.98 Å². The summed E-state index contributed by atoms with van der Waals surface area (Å²) in [4.78, 5) is 23.0. The van der Waals surface area contributed by atoms with Crippen LogP contribution in [0.1, 0.15) is 17.6 Å². The average Bonchev–Trinajstić information content (AvgIpc) is 3.08. The third-order valence-electron chi connectivity index (χ3n) is 3.14. The van der Waals surface area contributed by atoms with Gasteiger partial charge in [0, 0.05) is 11.4 Å². The van der Waals surface area contributed by atoms with Gasteiger partial charge in [0.05, 0.1) is 12.1 Å². The SMILES string of the molecule is CCN(Cc1nc2ccsc2c(=O)[nH]1)Cc1cccs1. The summed E-state index contributed by atoms with van der Waals surface area (Å²) >= 11 is 3.18. The highest BCUT2D eigenvalue weighted by Gasteiger charge is 2.10. The summed E-state index contributed by atoms with van der Waals surface area (Å²) in [6.45, 7) is 4.59. The van der Waals surface area contributed by atoms with Gasteiger partial charge in [-0.1, -0.05) is 13.0 Å². The predicted molar refractivity (Wildman–Crippen MR) is 84.3 cm³/mol. The second-order valence-corrected chi connectivity index (χ2v) is 6.48. The molecular weight excluding hydrogens is 290 g/mol. The van der Waals surface area contributed by atoms with Crippen LogP contribution in [0.25, 0.3) is 10.2 Å². The van der Waals surface area contributed by atoms with Crippen LogP contribution in [-0.4, -0.2) is 21.4 Å². The Hall–Kier alpha value is -1.50. The number of rotatable bonds is 5. The van der Waals surface area contributed by atoms with Gasteiger partial charge in [-0.05, 0) is 29.4 Å². The first kappa shape index (κ1) is 13.5. The molecule has 0 radical (unpaired) electrons. The Morgan fingerprint density at radius 2 is 2.15 bits per heavy atom. The van der Waals surface area contributed by atoms with Crippen LogP contribution in [0, 0.1) is 0 Å². The highest BCUT2D eigenvalue weighted by Crippen LogP contribution is 2.16. The number of H-pyrrole nitrogens is 1. The van der Waals surface area contributed by atoms with E-state index in [4.69, 9.17) is 0 Å². The first-order valence-electron chi connectivity index (χ1n) is 6.47. The van der Waals surface area contributed by atoms with Gasteiger partial charge in [-0.3, -0.25) is 9.69 Å². The summed E-state index contributed by atoms with van der Waals surface area (Å²) in [5, 5.41) is 3.99. The number of nitrogens with zero attached hydrogens (tertiary/aromatic N) is 2. The lowest BCUT2D eigenvalue weighted by atomic mass is 10.3. The fourth-order valence-corrected chi connectivity index (χ4v) is 3.58. The van der Waals surface area contributed by atoms with Crippen LogP contribution in [0.15, 0.2) is 33.8 Å². The van der Waals surface area contributed by atoms with Gasteiger partial charge >= 0.3 is 0 Å². The Morgan fingerprint density at radius 3 is 2.90 bits per heavy atom. The molecule has 0 spiro atoms. The maximum atomic E-state index is 11.9. The number of hydrogen-bond acceptors (Lipinski definition) is 5. The third-order valence-corrected chi connectivity index (χ3v) is 4.91. The third kappa shape index (κ3) is 2.82. The Balaban J connectivity index is 1.81. The van der Waals surface area contributed by atoms with Crippen LogP contribution in [0.4, 0.5) is 0 Å². The van der Waals surface area contributed by atoms with Crippen molar-refractivity contribution in [3.63, 3.8) is 0 Å². The lowest BCUT2D eigenvalue weighted by Gasteiger charge is -2.18. The number of thiophene rings is 2. The molecule has 0 saturated heterocycles. The molecule has 0 aromatic carbocycles. The standard InChI is InChI=1S/C14H15N3OS2/c1-2-17(8-10-4-3-6-19-10)9-12-15-11-5-7-20-13(11)14(18)16-12/h3-7H,2,8-9H2,1H3,(H,15,16,18). The zero-order valence-electron chi connectivity index (χ0n) is 11.1. The Bertz CT molecular complexity index is 745. The lowest BCUT2D eigenvalue weighted by Crippen LogP contribution is -2.24. The zero-order chi connectivity index (χ0) is 13.9. The van der Waals surface area contributed by atoms with Crippen molar-refractivity contribution < 1.29 is 0 Å². The molecule has 104 valence electrons. The second kappa shape index (κ2) is 5.87. The van der Waals surface area contributed by atoms with Crippen molar-refractivity contribution in [2.75, 3.05) is 6.54 Å². The first-order chi connectivity index (χ1) is 9.76. The van der Waals surface area contributed by atoms with E-state index in [1.165, 1.54) is 16.2 Å². The highest BCUT2D eigenvalue weighted by molar-refractivity contribution is 7.17. The molecule has 3 rings (SSSR count). The monoisotopic (exact) mass is 305 g/mol. The van der Waals surface area contributed by atoms with Gasteiger partial charge in [0.2, 0.25) is 0 Å². The Morgan fingerprint density at radius 1 is 1.25 bits per heavy atom. The molecule has 0 fully saturated rings. The largest absolute Gasteiger partial charge is 0.308 e. The molecule has 0 aliphatic rings. The molecule has 1 N–H and O–H groups in total. The van der Waals surface area contributed by atoms with E-state index in [1.807, 2.05) is 11.4 Å². The maximum absolute atomic E-state index is 11.9. The summed E-state index contributed by atoms with van der Waals surface area (Å²) in [7, 11) is 0. The number of hydrogen-bond donors (Lipinski definition) is 1. The molecule has 6 heteroatoms. The van der Waals surface area contributed by atoms with Crippen LogP contribution >= 0.6 is 22.7 Å². The van der Waals surface area contributed by atoms with Crippen molar-refractivity contribution in [1.29, 1.82) is 0 Å². The van der Waals surface area contributed by atoms with Crippen LogP contribution in [-0.2, 0) is 13.1 Å². The van der Waals surface area contributed by atoms with E-state index in [-0.39, 0.29) is 5.56 Å². The molecular formula is C14H15N3OS2. The zero-order valence-corrected chi connectivity index (χ0v) is 12.8. The maximum Gasteiger partial charge on any atom is 0.268 e. The minimum atomic E-state index is -0.0350. The quantitative estimate of drug-likeness (QED) is 0.788. The summed E-state index contributed by atoms with van der Waals surface area (Å²) < 4.78 is 0.704. The lowest BCUT2D eigenvalue weighted by molar-refractivity contribution is 0.267. The Labute approximate surface area is 124 Å². The van der Waals surface area contributed by atoms with E-state index < -0.39 is 0 Å². The predicted octanol–water partition coefficient (Wildman–Crippen LogP) is 3.07. The molecule has 3 heterocycles. The number of nitrogens with one attached hydrogen (secondary N) is 1. The van der Waals surface area contributed by atoms with Gasteiger partial charge < -0.3 is 4.98 Å². The first-order valence-corrected chi connectivity index (χ1v) is 8.23. The van der Waals surface area contributed by atoms with Crippen molar-refractivity contribution in [3.05, 3.63) is 50.0 Å². The number of fused-ring (bicyclic) bond motifs is 1. The van der Waals surface area contributed by atoms with Gasteiger partial charge in [0.15, 0.2) is 0 Å². The summed E-state index contributed by atoms with van der Waals surface area (Å²) in [6.07, 6.45) is 0. The van der Waals surface area contributed by atoms with Crippen LogP contribution < -0.4 is 5.56 Å². The highest BCUT2D eigenvalue weighted by atomic mass is 32.1. The fraction of sp³-hybridized carbons (Fsp3) is 0.286. The minimum absolute atomic E-state index is 0.0350. The van der Waals surface area contributed by atoms with E-state index in [0.717, 1.165) is 24.4 Å². The normalized spacial score (nSPS) is 11.5. The van der Waals surface area contributed by atoms with E-state index >= 15 is 0 Å². The molecule has 3 aromatic heterocycles. The average molecular weight is 305 g/mol. The van der Waals surface area contributed by atoms with Crippen LogP contribution in [0.3, 0.4) is 0 Å².